The molecule has 0 fully saturated rings. The van der Waals surface area contributed by atoms with Gasteiger partial charge in [-0.1, -0.05) is 168 Å². The van der Waals surface area contributed by atoms with Crippen molar-refractivity contribution in [2.45, 2.75) is 131 Å². The molecule has 0 bridgehead atoms. The zero-order valence-electron chi connectivity index (χ0n) is 45.7. The minimum absolute atomic E-state index is 0.0693. The highest BCUT2D eigenvalue weighted by Gasteiger charge is 2.57. The molecule has 0 unspecified atom stereocenters. The van der Waals surface area contributed by atoms with Crippen LogP contribution in [0.1, 0.15) is 144 Å². The molecule has 5 nitrogen and oxygen atoms in total. The summed E-state index contributed by atoms with van der Waals surface area (Å²) in [4.78, 5) is 10.0. The molecule has 2 aromatic heterocycles. The van der Waals surface area contributed by atoms with Gasteiger partial charge in [-0.15, -0.1) is 0 Å². The highest BCUT2D eigenvalue weighted by molar-refractivity contribution is 6.09. The van der Waals surface area contributed by atoms with E-state index in [1.807, 2.05) is 12.3 Å². The molecule has 9 aromatic rings. The maximum absolute atomic E-state index is 7.18. The number of aromatic nitrogens is 2. The number of nitrogens with zero attached hydrogens (tertiary/aromatic N) is 4. The normalized spacial score (nSPS) is 14.8. The van der Waals surface area contributed by atoms with Crippen LogP contribution < -0.4 is 14.5 Å². The van der Waals surface area contributed by atoms with Gasteiger partial charge in [0.15, 0.2) is 0 Å². The Bertz CT molecular complexity index is 3660. The highest BCUT2D eigenvalue weighted by atomic mass is 16.5. The quantitative estimate of drug-likeness (QED) is 0.176. The van der Waals surface area contributed by atoms with Crippen LogP contribution >= 0.6 is 0 Å². The molecule has 12 rings (SSSR count). The zero-order chi connectivity index (χ0) is 51.5. The average Bonchev–Trinajstić information content (AvgIpc) is 4.01. The Balaban J connectivity index is 1.18. The second-order valence-corrected chi connectivity index (χ2v) is 25.6. The molecule has 368 valence electrons. The first-order valence-electron chi connectivity index (χ1n) is 26.4. The zero-order valence-corrected chi connectivity index (χ0v) is 45.7. The number of hydrogen-bond acceptors (Lipinski definition) is 4. The number of para-hydroxylation sites is 2. The molecule has 0 saturated carbocycles. The molecule has 2 aliphatic heterocycles. The lowest BCUT2D eigenvalue weighted by Crippen LogP contribution is -2.40. The number of benzene rings is 7. The van der Waals surface area contributed by atoms with E-state index >= 15 is 0 Å². The van der Waals surface area contributed by atoms with E-state index in [1.54, 1.807) is 0 Å². The van der Waals surface area contributed by atoms with Gasteiger partial charge in [-0.3, -0.25) is 4.57 Å². The van der Waals surface area contributed by atoms with Crippen molar-refractivity contribution < 1.29 is 4.74 Å². The molecule has 1 aliphatic carbocycles. The molecule has 7 aromatic carbocycles. The second-order valence-electron chi connectivity index (χ2n) is 25.6. The molecule has 0 amide bonds. The Morgan fingerprint density at radius 3 is 1.66 bits per heavy atom. The fourth-order valence-electron chi connectivity index (χ4n) is 13.0. The fraction of sp³-hybridized carbons (Fsp3) is 0.309. The van der Waals surface area contributed by atoms with Crippen molar-refractivity contribution in [3.8, 4) is 28.4 Å². The molecule has 0 radical (unpaired) electrons. The van der Waals surface area contributed by atoms with Gasteiger partial charge in [-0.25, -0.2) is 4.98 Å². The number of aryl methyl sites for hydroxylation is 3. The molecule has 1 spiro atoms. The van der Waals surface area contributed by atoms with Crippen molar-refractivity contribution in [3.05, 3.63) is 201 Å². The van der Waals surface area contributed by atoms with E-state index in [9.17, 15) is 0 Å². The van der Waals surface area contributed by atoms with Crippen LogP contribution in [-0.2, 0) is 27.1 Å². The van der Waals surface area contributed by atoms with Crippen LogP contribution in [0.2, 0.25) is 0 Å². The summed E-state index contributed by atoms with van der Waals surface area (Å²) < 4.78 is 9.43. The maximum atomic E-state index is 7.18. The van der Waals surface area contributed by atoms with Crippen molar-refractivity contribution in [3.63, 3.8) is 0 Å². The van der Waals surface area contributed by atoms with E-state index in [-0.39, 0.29) is 21.7 Å². The van der Waals surface area contributed by atoms with Crippen LogP contribution in [0.15, 0.2) is 140 Å². The number of hydrogen-bond donors (Lipinski definition) is 0. The van der Waals surface area contributed by atoms with Crippen molar-refractivity contribution in [1.29, 1.82) is 0 Å². The Hall–Kier alpha value is -7.11. The van der Waals surface area contributed by atoms with Crippen LogP contribution in [0.3, 0.4) is 0 Å². The molecule has 0 atom stereocenters. The number of fused-ring (bicyclic) bond motifs is 12. The van der Waals surface area contributed by atoms with Crippen molar-refractivity contribution in [2.24, 2.45) is 0 Å². The maximum Gasteiger partial charge on any atom is 0.137 e. The van der Waals surface area contributed by atoms with Crippen LogP contribution in [0.5, 0.6) is 11.5 Å². The van der Waals surface area contributed by atoms with Gasteiger partial charge in [0.25, 0.3) is 0 Å². The van der Waals surface area contributed by atoms with Gasteiger partial charge < -0.3 is 14.5 Å². The first-order chi connectivity index (χ1) is 34.5. The molecule has 73 heavy (non-hydrogen) atoms. The van der Waals surface area contributed by atoms with Gasteiger partial charge in [0.05, 0.1) is 33.5 Å². The second kappa shape index (κ2) is 15.7. The number of ether oxygens (including phenoxy) is 1. The van der Waals surface area contributed by atoms with E-state index in [1.165, 1.54) is 100 Å². The van der Waals surface area contributed by atoms with E-state index in [0.717, 1.165) is 33.7 Å². The van der Waals surface area contributed by atoms with Crippen LogP contribution in [0.25, 0.3) is 38.8 Å². The Labute approximate surface area is 433 Å². The summed E-state index contributed by atoms with van der Waals surface area (Å²) in [6, 6.07) is 50.4. The molecule has 0 N–H and O–H groups in total. The molecule has 0 saturated heterocycles. The lowest BCUT2D eigenvalue weighted by molar-refractivity contribution is 0.482. The summed E-state index contributed by atoms with van der Waals surface area (Å²) in [5.41, 5.74) is 23.5. The summed E-state index contributed by atoms with van der Waals surface area (Å²) in [5, 5.41) is 2.35. The summed E-state index contributed by atoms with van der Waals surface area (Å²) >= 11 is 0. The topological polar surface area (TPSA) is 33.5 Å². The lowest BCUT2D eigenvalue weighted by Gasteiger charge is -2.46. The first-order valence-corrected chi connectivity index (χ1v) is 26.4. The van der Waals surface area contributed by atoms with E-state index in [4.69, 9.17) is 9.72 Å². The Morgan fingerprint density at radius 1 is 0.479 bits per heavy atom. The van der Waals surface area contributed by atoms with Gasteiger partial charge in [0, 0.05) is 34.8 Å². The third kappa shape index (κ3) is 6.97. The van der Waals surface area contributed by atoms with E-state index < -0.39 is 5.41 Å². The van der Waals surface area contributed by atoms with E-state index in [2.05, 4.69) is 246 Å². The Morgan fingerprint density at radius 2 is 1.05 bits per heavy atom. The third-order valence-electron chi connectivity index (χ3n) is 16.3. The standard InChI is InChI=1S/C68H70N4O/c1-40-31-41(2)62(42(3)32-40)70-39-71-58-38-46(73-45-26-28-48-47-21-16-17-23-55(47)72(57(48)37-45)59-25-18-19-30-69-59)27-29-51(58)68(52-22-20-24-56(70)63(52)71)60-49(33-43(64(4,5)6)35-53(60)66(10,11)12)50-34-44(65(7,8)9)36-54(61(50)68)67(13,14)15/h16-38H,39H2,1-15H3. The SMILES string of the molecule is Cc1cc(C)c(N2CN3c4cc(Oc5ccc6c7ccccc7n(-c7ccccn7)c6c5)ccc4C4(c5cccc2c53)c2c(cc(C(C)(C)C)cc2C(C)(C)C)-c2cc(C(C)(C)C)cc(C(C)(C)C)c24)c(C)c1. The fourth-order valence-corrected chi connectivity index (χ4v) is 13.0. The van der Waals surface area contributed by atoms with Gasteiger partial charge in [-0.05, 0) is 152 Å². The van der Waals surface area contributed by atoms with Gasteiger partial charge in [0.1, 0.15) is 24.0 Å². The molecular weight excluding hydrogens is 889 g/mol. The number of rotatable bonds is 4. The van der Waals surface area contributed by atoms with Crippen molar-refractivity contribution in [1.82, 2.24) is 9.55 Å². The largest absolute Gasteiger partial charge is 0.457 e. The predicted molar refractivity (Wildman–Crippen MR) is 307 cm³/mol. The van der Waals surface area contributed by atoms with Crippen molar-refractivity contribution >= 4 is 44.6 Å². The molecule has 3 aliphatic rings. The number of pyridine rings is 1. The van der Waals surface area contributed by atoms with Crippen molar-refractivity contribution in [2.75, 3.05) is 16.5 Å². The smallest absolute Gasteiger partial charge is 0.137 e. The molecule has 4 heterocycles. The monoisotopic (exact) mass is 959 g/mol. The van der Waals surface area contributed by atoms with Crippen LogP contribution in [0, 0.1) is 20.8 Å². The summed E-state index contributed by atoms with van der Waals surface area (Å²) in [7, 11) is 0. The average molecular weight is 959 g/mol. The first kappa shape index (κ1) is 46.9. The summed E-state index contributed by atoms with van der Waals surface area (Å²) in [5.74, 6) is 2.45. The minimum Gasteiger partial charge on any atom is -0.457 e. The Kier molecular flexibility index (Phi) is 10.1. The van der Waals surface area contributed by atoms with Crippen LogP contribution in [0.4, 0.5) is 22.7 Å². The number of anilines is 4. The van der Waals surface area contributed by atoms with E-state index in [0.29, 0.717) is 6.67 Å². The third-order valence-corrected chi connectivity index (χ3v) is 16.3. The van der Waals surface area contributed by atoms with Gasteiger partial charge >= 0.3 is 0 Å². The molecule has 5 heteroatoms. The summed E-state index contributed by atoms with van der Waals surface area (Å²) in [6.45, 7) is 36.2. The predicted octanol–water partition coefficient (Wildman–Crippen LogP) is 18.0. The highest BCUT2D eigenvalue weighted by Crippen LogP contribution is 2.69. The minimum atomic E-state index is -0.672. The lowest BCUT2D eigenvalue weighted by atomic mass is 9.59. The molecular formula is C68H70N4O. The summed E-state index contributed by atoms with van der Waals surface area (Å²) in [6.07, 6.45) is 1.86. The van der Waals surface area contributed by atoms with Gasteiger partial charge in [-0.2, -0.15) is 0 Å². The van der Waals surface area contributed by atoms with Crippen LogP contribution in [-0.4, -0.2) is 16.2 Å². The van der Waals surface area contributed by atoms with Gasteiger partial charge in [0.2, 0.25) is 0 Å².